The predicted octanol–water partition coefficient (Wildman–Crippen LogP) is 2.72. The van der Waals surface area contributed by atoms with E-state index in [0.717, 1.165) is 12.6 Å². The van der Waals surface area contributed by atoms with E-state index in [0.29, 0.717) is 5.41 Å². The fourth-order valence-corrected chi connectivity index (χ4v) is 1.91. The van der Waals surface area contributed by atoms with Crippen LogP contribution in [0.15, 0.2) is 0 Å². The molecule has 2 rings (SSSR count). The Kier molecular flexibility index (Phi) is 3.09. The lowest BCUT2D eigenvalue weighted by Crippen LogP contribution is -2.28. The lowest BCUT2D eigenvalue weighted by atomic mass is 10.0. The van der Waals surface area contributed by atoms with Crippen LogP contribution in [-0.4, -0.2) is 24.8 Å². The van der Waals surface area contributed by atoms with Crippen molar-refractivity contribution in [3.8, 4) is 0 Å². The zero-order valence-corrected chi connectivity index (χ0v) is 10.4. The molecule has 88 valence electrons. The maximum Gasteiger partial charge on any atom is 0.0598 e. The van der Waals surface area contributed by atoms with Crippen LogP contribution in [0, 0.1) is 5.41 Å². The van der Waals surface area contributed by atoms with E-state index in [1.807, 2.05) is 0 Å². The van der Waals surface area contributed by atoms with Crippen LogP contribution in [0.1, 0.15) is 52.9 Å². The van der Waals surface area contributed by atoms with Crippen molar-refractivity contribution in [1.29, 1.82) is 0 Å². The smallest absolute Gasteiger partial charge is 0.0598 e. The van der Waals surface area contributed by atoms with Gasteiger partial charge in [0.15, 0.2) is 0 Å². The fraction of sp³-hybridized carbons (Fsp3) is 1.00. The SMILES string of the molecule is CC(C)(C)OCCC1(CNC2CC2)CC1. The predicted molar refractivity (Wildman–Crippen MR) is 63.0 cm³/mol. The second-order valence-corrected chi connectivity index (χ2v) is 6.37. The van der Waals surface area contributed by atoms with E-state index in [2.05, 4.69) is 26.1 Å². The molecule has 0 heterocycles. The van der Waals surface area contributed by atoms with E-state index in [1.165, 1.54) is 38.6 Å². The van der Waals surface area contributed by atoms with Crippen molar-refractivity contribution >= 4 is 0 Å². The Morgan fingerprint density at radius 2 is 1.93 bits per heavy atom. The Bertz CT molecular complexity index is 211. The largest absolute Gasteiger partial charge is 0.376 e. The summed E-state index contributed by atoms with van der Waals surface area (Å²) in [5, 5.41) is 3.65. The lowest BCUT2D eigenvalue weighted by molar-refractivity contribution is -0.0108. The number of hydrogen-bond donors (Lipinski definition) is 1. The van der Waals surface area contributed by atoms with Crippen molar-refractivity contribution in [3.63, 3.8) is 0 Å². The van der Waals surface area contributed by atoms with Gasteiger partial charge in [-0.3, -0.25) is 0 Å². The van der Waals surface area contributed by atoms with Gasteiger partial charge in [0.25, 0.3) is 0 Å². The molecule has 2 aliphatic carbocycles. The zero-order chi connectivity index (χ0) is 10.9. The monoisotopic (exact) mass is 211 g/mol. The average Bonchev–Trinajstić information content (AvgIpc) is 2.96. The molecule has 0 atom stereocenters. The summed E-state index contributed by atoms with van der Waals surface area (Å²) >= 11 is 0. The van der Waals surface area contributed by atoms with Crippen molar-refractivity contribution in [3.05, 3.63) is 0 Å². The van der Waals surface area contributed by atoms with Gasteiger partial charge in [0, 0.05) is 19.2 Å². The summed E-state index contributed by atoms with van der Waals surface area (Å²) in [5.74, 6) is 0. The van der Waals surface area contributed by atoms with Gasteiger partial charge in [-0.25, -0.2) is 0 Å². The third-order valence-corrected chi connectivity index (χ3v) is 3.47. The number of rotatable bonds is 6. The maximum atomic E-state index is 5.80. The van der Waals surface area contributed by atoms with Crippen molar-refractivity contribution < 1.29 is 4.74 Å². The minimum absolute atomic E-state index is 0.0278. The normalized spacial score (nSPS) is 24.2. The van der Waals surface area contributed by atoms with Crippen molar-refractivity contribution in [2.75, 3.05) is 13.2 Å². The highest BCUT2D eigenvalue weighted by molar-refractivity contribution is 4.96. The average molecular weight is 211 g/mol. The second-order valence-electron chi connectivity index (χ2n) is 6.37. The van der Waals surface area contributed by atoms with E-state index >= 15 is 0 Å². The fourth-order valence-electron chi connectivity index (χ4n) is 1.91. The molecule has 0 spiro atoms. The molecule has 15 heavy (non-hydrogen) atoms. The Morgan fingerprint density at radius 3 is 2.40 bits per heavy atom. The van der Waals surface area contributed by atoms with E-state index in [1.54, 1.807) is 0 Å². The van der Waals surface area contributed by atoms with Gasteiger partial charge in [0.05, 0.1) is 5.60 Å². The minimum atomic E-state index is 0.0278. The molecule has 2 saturated carbocycles. The van der Waals surface area contributed by atoms with Gasteiger partial charge in [-0.05, 0) is 58.3 Å². The highest BCUT2D eigenvalue weighted by Gasteiger charge is 2.42. The van der Waals surface area contributed by atoms with Gasteiger partial charge in [-0.15, -0.1) is 0 Å². The number of nitrogens with one attached hydrogen (secondary N) is 1. The lowest BCUT2D eigenvalue weighted by Gasteiger charge is -2.22. The molecule has 0 radical (unpaired) electrons. The summed E-state index contributed by atoms with van der Waals surface area (Å²) in [6, 6.07) is 0.853. The first-order valence-corrected chi connectivity index (χ1v) is 6.37. The third kappa shape index (κ3) is 4.12. The molecule has 0 aliphatic heterocycles. The molecule has 0 bridgehead atoms. The molecule has 1 N–H and O–H groups in total. The van der Waals surface area contributed by atoms with Gasteiger partial charge in [-0.1, -0.05) is 0 Å². The third-order valence-electron chi connectivity index (χ3n) is 3.47. The molecule has 0 saturated heterocycles. The summed E-state index contributed by atoms with van der Waals surface area (Å²) in [5.41, 5.74) is 0.633. The standard InChI is InChI=1S/C13H25NO/c1-12(2,3)15-9-8-13(6-7-13)10-14-11-4-5-11/h11,14H,4-10H2,1-3H3. The molecule has 0 unspecified atom stereocenters. The van der Waals surface area contributed by atoms with Crippen molar-refractivity contribution in [2.45, 2.75) is 64.5 Å². The molecule has 0 aromatic heterocycles. The summed E-state index contributed by atoms with van der Waals surface area (Å²) in [4.78, 5) is 0. The van der Waals surface area contributed by atoms with Crippen LogP contribution in [0.2, 0.25) is 0 Å². The molecule has 2 heteroatoms. The molecule has 2 aliphatic rings. The van der Waals surface area contributed by atoms with E-state index in [-0.39, 0.29) is 5.60 Å². The second kappa shape index (κ2) is 4.06. The van der Waals surface area contributed by atoms with Gasteiger partial charge in [-0.2, -0.15) is 0 Å². The summed E-state index contributed by atoms with van der Waals surface area (Å²) in [6.45, 7) is 8.56. The van der Waals surface area contributed by atoms with Crippen molar-refractivity contribution in [2.24, 2.45) is 5.41 Å². The Labute approximate surface area is 93.8 Å². The first kappa shape index (κ1) is 11.4. The molecular weight excluding hydrogens is 186 g/mol. The summed E-state index contributed by atoms with van der Waals surface area (Å²) in [6.07, 6.45) is 6.84. The topological polar surface area (TPSA) is 21.3 Å². The summed E-state index contributed by atoms with van der Waals surface area (Å²) < 4.78 is 5.80. The minimum Gasteiger partial charge on any atom is -0.376 e. The van der Waals surface area contributed by atoms with E-state index in [9.17, 15) is 0 Å². The van der Waals surface area contributed by atoms with Crippen LogP contribution in [0.5, 0.6) is 0 Å². The van der Waals surface area contributed by atoms with Crippen molar-refractivity contribution in [1.82, 2.24) is 5.32 Å². The Morgan fingerprint density at radius 1 is 1.27 bits per heavy atom. The molecule has 0 aromatic carbocycles. The molecule has 2 fully saturated rings. The quantitative estimate of drug-likeness (QED) is 0.729. The Balaban J connectivity index is 1.60. The van der Waals surface area contributed by atoms with Gasteiger partial charge in [0.2, 0.25) is 0 Å². The van der Waals surface area contributed by atoms with Gasteiger partial charge < -0.3 is 10.1 Å². The summed E-state index contributed by atoms with van der Waals surface area (Å²) in [7, 11) is 0. The number of ether oxygens (including phenoxy) is 1. The van der Waals surface area contributed by atoms with Crippen LogP contribution in [0.4, 0.5) is 0 Å². The van der Waals surface area contributed by atoms with Crippen LogP contribution in [0.25, 0.3) is 0 Å². The molecular formula is C13H25NO. The zero-order valence-electron chi connectivity index (χ0n) is 10.4. The van der Waals surface area contributed by atoms with E-state index in [4.69, 9.17) is 4.74 Å². The van der Waals surface area contributed by atoms with Crippen LogP contribution in [0.3, 0.4) is 0 Å². The van der Waals surface area contributed by atoms with Gasteiger partial charge >= 0.3 is 0 Å². The molecule has 0 amide bonds. The first-order valence-electron chi connectivity index (χ1n) is 6.37. The maximum absolute atomic E-state index is 5.80. The van der Waals surface area contributed by atoms with Crippen LogP contribution in [-0.2, 0) is 4.74 Å². The van der Waals surface area contributed by atoms with Gasteiger partial charge in [0.1, 0.15) is 0 Å². The molecule has 0 aromatic rings. The highest BCUT2D eigenvalue weighted by atomic mass is 16.5. The highest BCUT2D eigenvalue weighted by Crippen LogP contribution is 2.48. The number of hydrogen-bond acceptors (Lipinski definition) is 2. The first-order chi connectivity index (χ1) is 6.99. The van der Waals surface area contributed by atoms with Crippen LogP contribution >= 0.6 is 0 Å². The van der Waals surface area contributed by atoms with E-state index < -0.39 is 0 Å². The van der Waals surface area contributed by atoms with Crippen LogP contribution < -0.4 is 5.32 Å². The Hall–Kier alpha value is -0.0800. The molecule has 2 nitrogen and oxygen atoms in total.